The number of fused-ring (bicyclic) bond motifs is 2. The summed E-state index contributed by atoms with van der Waals surface area (Å²) in [5.74, 6) is 0. The molecule has 0 spiro atoms. The molecule has 3 rings (SSSR count). The highest BCUT2D eigenvalue weighted by molar-refractivity contribution is 8.00. The summed E-state index contributed by atoms with van der Waals surface area (Å²) in [6.45, 7) is 0. The van der Waals surface area contributed by atoms with E-state index in [-0.39, 0.29) is 0 Å². The molecule has 0 amide bonds. The van der Waals surface area contributed by atoms with Crippen molar-refractivity contribution < 1.29 is 0 Å². The fourth-order valence-corrected chi connectivity index (χ4v) is 3.53. The number of nitrogens with one attached hydrogen (secondary N) is 1. The highest BCUT2D eigenvalue weighted by Gasteiger charge is 2.19. The largest absolute Gasteiger partial charge is 0.378 e. The van der Waals surface area contributed by atoms with Crippen molar-refractivity contribution in [2.24, 2.45) is 0 Å². The van der Waals surface area contributed by atoms with Gasteiger partial charge in [0, 0.05) is 38.8 Å². The number of anilines is 4. The van der Waals surface area contributed by atoms with Crippen LogP contribution in [0.25, 0.3) is 0 Å². The van der Waals surface area contributed by atoms with Crippen LogP contribution in [-0.2, 0) is 0 Å². The van der Waals surface area contributed by atoms with Gasteiger partial charge in [-0.15, -0.1) is 0 Å². The second kappa shape index (κ2) is 4.94. The molecule has 0 fully saturated rings. The summed E-state index contributed by atoms with van der Waals surface area (Å²) in [6, 6.07) is 12.9. The molecule has 0 aliphatic carbocycles. The molecule has 0 saturated carbocycles. The van der Waals surface area contributed by atoms with Gasteiger partial charge in [0.2, 0.25) is 0 Å². The van der Waals surface area contributed by atoms with E-state index in [1.165, 1.54) is 32.5 Å². The molecule has 104 valence electrons. The van der Waals surface area contributed by atoms with E-state index in [4.69, 9.17) is 0 Å². The minimum absolute atomic E-state index is 1.18. The lowest BCUT2D eigenvalue weighted by Gasteiger charge is -2.26. The Bertz CT molecular complexity index is 650. The topological polar surface area (TPSA) is 18.5 Å². The number of rotatable bonds is 2. The van der Waals surface area contributed by atoms with Crippen LogP contribution in [0, 0.1) is 0 Å². The first-order valence-corrected chi connectivity index (χ1v) is 7.44. The van der Waals surface area contributed by atoms with Crippen LogP contribution < -0.4 is 15.1 Å². The summed E-state index contributed by atoms with van der Waals surface area (Å²) in [4.78, 5) is 6.86. The Morgan fingerprint density at radius 1 is 0.900 bits per heavy atom. The average Bonchev–Trinajstić information content (AvgIpc) is 2.43. The number of hydrogen-bond acceptors (Lipinski definition) is 4. The van der Waals surface area contributed by atoms with Crippen LogP contribution in [0.15, 0.2) is 46.2 Å². The van der Waals surface area contributed by atoms with Crippen molar-refractivity contribution >= 4 is 34.5 Å². The molecule has 1 heterocycles. The molecule has 0 atom stereocenters. The summed E-state index contributed by atoms with van der Waals surface area (Å²) in [5, 5.41) is 3.54. The highest BCUT2D eigenvalue weighted by atomic mass is 32.2. The maximum atomic E-state index is 3.54. The highest BCUT2D eigenvalue weighted by Crippen LogP contribution is 2.48. The van der Waals surface area contributed by atoms with Crippen molar-refractivity contribution in [2.75, 3.05) is 43.3 Å². The molecule has 3 nitrogen and oxygen atoms in total. The van der Waals surface area contributed by atoms with Gasteiger partial charge in [-0.3, -0.25) is 0 Å². The first-order valence-electron chi connectivity index (χ1n) is 6.63. The Labute approximate surface area is 124 Å². The van der Waals surface area contributed by atoms with E-state index in [1.54, 1.807) is 0 Å². The normalized spacial score (nSPS) is 12.2. The van der Waals surface area contributed by atoms with Crippen LogP contribution in [0.4, 0.5) is 22.7 Å². The molecule has 1 aliphatic heterocycles. The molecular weight excluding hydrogens is 266 g/mol. The molecule has 4 heteroatoms. The van der Waals surface area contributed by atoms with Gasteiger partial charge in [-0.2, -0.15) is 0 Å². The second-order valence-corrected chi connectivity index (χ2v) is 6.40. The molecule has 0 radical (unpaired) electrons. The first-order chi connectivity index (χ1) is 9.56. The molecule has 1 aliphatic rings. The van der Waals surface area contributed by atoms with Gasteiger partial charge in [0.05, 0.1) is 22.0 Å². The van der Waals surface area contributed by atoms with Gasteiger partial charge in [0.15, 0.2) is 0 Å². The smallest absolute Gasteiger partial charge is 0.0591 e. The lowest BCUT2D eigenvalue weighted by Crippen LogP contribution is -2.12. The van der Waals surface area contributed by atoms with Crippen molar-refractivity contribution in [2.45, 2.75) is 9.79 Å². The van der Waals surface area contributed by atoms with E-state index >= 15 is 0 Å². The van der Waals surface area contributed by atoms with Gasteiger partial charge >= 0.3 is 0 Å². The van der Waals surface area contributed by atoms with Crippen LogP contribution >= 0.6 is 11.8 Å². The van der Waals surface area contributed by atoms with Gasteiger partial charge < -0.3 is 15.1 Å². The first kappa shape index (κ1) is 13.2. The minimum Gasteiger partial charge on any atom is -0.378 e. The predicted octanol–water partition coefficient (Wildman–Crippen LogP) is 4.03. The maximum Gasteiger partial charge on any atom is 0.0591 e. The van der Waals surface area contributed by atoms with Gasteiger partial charge in [-0.1, -0.05) is 17.8 Å². The molecule has 0 aromatic heterocycles. The summed E-state index contributed by atoms with van der Waals surface area (Å²) in [6.07, 6.45) is 0. The fourth-order valence-electron chi connectivity index (χ4n) is 2.31. The quantitative estimate of drug-likeness (QED) is 0.766. The van der Waals surface area contributed by atoms with Gasteiger partial charge in [-0.25, -0.2) is 0 Å². The zero-order valence-electron chi connectivity index (χ0n) is 12.3. The van der Waals surface area contributed by atoms with Crippen molar-refractivity contribution in [1.29, 1.82) is 0 Å². The molecule has 20 heavy (non-hydrogen) atoms. The number of nitrogens with zero attached hydrogens (tertiary/aromatic N) is 2. The van der Waals surface area contributed by atoms with E-state index in [9.17, 15) is 0 Å². The molecule has 1 N–H and O–H groups in total. The molecule has 0 unspecified atom stereocenters. The summed E-state index contributed by atoms with van der Waals surface area (Å²) in [5.41, 5.74) is 4.85. The third-order valence-corrected chi connectivity index (χ3v) is 4.63. The Kier molecular flexibility index (Phi) is 3.26. The Morgan fingerprint density at radius 3 is 2.40 bits per heavy atom. The zero-order valence-corrected chi connectivity index (χ0v) is 13.1. The van der Waals surface area contributed by atoms with Gasteiger partial charge in [0.1, 0.15) is 0 Å². The molecule has 0 saturated heterocycles. The second-order valence-electron chi connectivity index (χ2n) is 5.35. The molecular formula is C16H19N3S. The zero-order chi connectivity index (χ0) is 14.3. The van der Waals surface area contributed by atoms with Crippen LogP contribution in [0.2, 0.25) is 0 Å². The molecule has 2 aromatic rings. The van der Waals surface area contributed by atoms with Crippen LogP contribution in [0.1, 0.15) is 0 Å². The van der Waals surface area contributed by atoms with E-state index in [0.29, 0.717) is 0 Å². The lowest BCUT2D eigenvalue weighted by molar-refractivity contribution is 1.09. The van der Waals surface area contributed by atoms with E-state index < -0.39 is 0 Å². The third kappa shape index (κ3) is 2.20. The summed E-state index contributed by atoms with van der Waals surface area (Å²) < 4.78 is 0. The lowest BCUT2D eigenvalue weighted by atomic mass is 10.2. The van der Waals surface area contributed by atoms with Crippen LogP contribution in [-0.4, -0.2) is 28.2 Å². The van der Waals surface area contributed by atoms with E-state index in [1.807, 2.05) is 11.8 Å². The Balaban J connectivity index is 2.06. The van der Waals surface area contributed by atoms with Crippen molar-refractivity contribution in [3.8, 4) is 0 Å². The summed E-state index contributed by atoms with van der Waals surface area (Å²) in [7, 11) is 8.31. The average molecular weight is 285 g/mol. The molecule has 2 aromatic carbocycles. The standard InChI is InChI=1S/C16H19N3S/c1-18(2)11-8-9-12-15(10-11)20-16-13(17-12)6-5-7-14(16)19(3)4/h5-10,17H,1-4H3. The van der Waals surface area contributed by atoms with Crippen molar-refractivity contribution in [3.05, 3.63) is 36.4 Å². The third-order valence-electron chi connectivity index (χ3n) is 3.44. The maximum absolute atomic E-state index is 3.54. The monoisotopic (exact) mass is 285 g/mol. The Hall–Kier alpha value is -1.81. The predicted molar refractivity (Wildman–Crippen MR) is 88.9 cm³/mol. The van der Waals surface area contributed by atoms with Crippen molar-refractivity contribution in [3.63, 3.8) is 0 Å². The minimum atomic E-state index is 1.18. The summed E-state index contributed by atoms with van der Waals surface area (Å²) >= 11 is 1.84. The Morgan fingerprint density at radius 2 is 1.70 bits per heavy atom. The molecule has 0 bridgehead atoms. The fraction of sp³-hybridized carbons (Fsp3) is 0.250. The van der Waals surface area contributed by atoms with Crippen molar-refractivity contribution in [1.82, 2.24) is 0 Å². The van der Waals surface area contributed by atoms with Crippen LogP contribution in [0.5, 0.6) is 0 Å². The van der Waals surface area contributed by atoms with Gasteiger partial charge in [0.25, 0.3) is 0 Å². The number of benzene rings is 2. The van der Waals surface area contributed by atoms with Gasteiger partial charge in [-0.05, 0) is 30.3 Å². The number of hydrogen-bond donors (Lipinski definition) is 1. The van der Waals surface area contributed by atoms with Crippen LogP contribution in [0.3, 0.4) is 0 Å². The van der Waals surface area contributed by atoms with E-state index in [0.717, 1.165) is 0 Å². The van der Waals surface area contributed by atoms with E-state index in [2.05, 4.69) is 79.7 Å². The SMILES string of the molecule is CN(C)c1ccc2c(c1)Sc1c(cccc1N(C)C)N2.